The Morgan fingerprint density at radius 1 is 1.16 bits per heavy atom. The van der Waals surface area contributed by atoms with Crippen LogP contribution in [0.4, 0.5) is 19.1 Å². The molecule has 3 aromatic rings. The van der Waals surface area contributed by atoms with E-state index >= 15 is 0 Å². The molecule has 32 heavy (non-hydrogen) atoms. The van der Waals surface area contributed by atoms with Crippen LogP contribution in [-0.2, 0) is 17.5 Å². The number of benzene rings is 1. The topological polar surface area (TPSA) is 112 Å². The Morgan fingerprint density at radius 2 is 1.91 bits per heavy atom. The van der Waals surface area contributed by atoms with Gasteiger partial charge >= 0.3 is 6.18 Å². The Morgan fingerprint density at radius 3 is 2.53 bits per heavy atom. The summed E-state index contributed by atoms with van der Waals surface area (Å²) >= 11 is 0. The van der Waals surface area contributed by atoms with Gasteiger partial charge in [0.1, 0.15) is 17.4 Å². The number of alkyl halides is 3. The number of hydrogen-bond donors (Lipinski definition) is 2. The molecule has 0 bridgehead atoms. The molecule has 1 aliphatic heterocycles. The first-order valence-electron chi connectivity index (χ1n) is 9.58. The minimum Gasteiger partial charge on any atom is -0.469 e. The largest absolute Gasteiger partial charge is 0.469 e. The number of nitrogens with one attached hydrogen (secondary N) is 1. The summed E-state index contributed by atoms with van der Waals surface area (Å²) in [5.74, 6) is -1.13. The van der Waals surface area contributed by atoms with Crippen LogP contribution in [0.25, 0.3) is 11.3 Å². The maximum atomic E-state index is 13.2. The van der Waals surface area contributed by atoms with Crippen molar-refractivity contribution in [3.63, 3.8) is 0 Å². The van der Waals surface area contributed by atoms with E-state index in [1.54, 1.807) is 12.1 Å². The van der Waals surface area contributed by atoms with Crippen molar-refractivity contribution in [2.45, 2.75) is 18.8 Å². The highest BCUT2D eigenvalue weighted by Crippen LogP contribution is 2.36. The molecule has 0 radical (unpaired) electrons. The number of primary amides is 1. The summed E-state index contributed by atoms with van der Waals surface area (Å²) in [5.41, 5.74) is 6.59. The third-order valence-corrected chi connectivity index (χ3v) is 4.65. The van der Waals surface area contributed by atoms with E-state index < -0.39 is 29.6 Å². The number of amides is 1. The maximum Gasteiger partial charge on any atom is 0.423 e. The standard InChI is InChI=1S/C21H18F3N5O3/c22-21(23,24)15-9-27-20(29-19(15)32-14-10-31-11-14)26-8-12-4-6-13(7-5-12)16-2-1-3-17(28-16)18(25)30/h1-7,9,14H,8,10-11H2,(H2,25,30)(H,26,27,29). The van der Waals surface area contributed by atoms with Gasteiger partial charge < -0.3 is 20.5 Å². The molecule has 1 fully saturated rings. The number of carbonyl (C=O) groups is 1. The average molecular weight is 445 g/mol. The van der Waals surface area contributed by atoms with Gasteiger partial charge in [-0.3, -0.25) is 4.79 Å². The molecular formula is C21H18F3N5O3. The first-order valence-corrected chi connectivity index (χ1v) is 9.58. The van der Waals surface area contributed by atoms with Gasteiger partial charge in [-0.2, -0.15) is 18.2 Å². The summed E-state index contributed by atoms with van der Waals surface area (Å²) in [6, 6.07) is 12.2. The molecule has 166 valence electrons. The number of hydrogen-bond acceptors (Lipinski definition) is 7. The van der Waals surface area contributed by atoms with Crippen molar-refractivity contribution in [3.8, 4) is 17.1 Å². The van der Waals surface area contributed by atoms with Crippen molar-refractivity contribution < 1.29 is 27.4 Å². The summed E-state index contributed by atoms with van der Waals surface area (Å²) in [5, 5.41) is 2.89. The zero-order chi connectivity index (χ0) is 22.7. The maximum absolute atomic E-state index is 13.2. The van der Waals surface area contributed by atoms with Crippen LogP contribution < -0.4 is 15.8 Å². The van der Waals surface area contributed by atoms with E-state index in [0.29, 0.717) is 11.9 Å². The quantitative estimate of drug-likeness (QED) is 0.575. The fourth-order valence-corrected chi connectivity index (χ4v) is 2.88. The highest BCUT2D eigenvalue weighted by molar-refractivity contribution is 5.91. The fraction of sp³-hybridized carbons (Fsp3) is 0.238. The summed E-state index contributed by atoms with van der Waals surface area (Å²) < 4.78 is 49.9. The van der Waals surface area contributed by atoms with Crippen molar-refractivity contribution in [1.82, 2.24) is 15.0 Å². The van der Waals surface area contributed by atoms with Gasteiger partial charge in [0, 0.05) is 18.3 Å². The van der Waals surface area contributed by atoms with Crippen LogP contribution in [0.2, 0.25) is 0 Å². The van der Waals surface area contributed by atoms with Gasteiger partial charge in [-0.05, 0) is 17.7 Å². The monoisotopic (exact) mass is 445 g/mol. The van der Waals surface area contributed by atoms with Crippen LogP contribution >= 0.6 is 0 Å². The Hall–Kier alpha value is -3.73. The van der Waals surface area contributed by atoms with E-state index in [9.17, 15) is 18.0 Å². The molecule has 0 unspecified atom stereocenters. The van der Waals surface area contributed by atoms with Gasteiger partial charge in [-0.1, -0.05) is 30.3 Å². The number of nitrogens with zero attached hydrogens (tertiary/aromatic N) is 3. The third kappa shape index (κ3) is 4.94. The van der Waals surface area contributed by atoms with Crippen LogP contribution in [0.15, 0.2) is 48.7 Å². The van der Waals surface area contributed by atoms with Gasteiger partial charge in [-0.25, -0.2) is 9.97 Å². The molecule has 3 N–H and O–H groups in total. The summed E-state index contributed by atoms with van der Waals surface area (Å²) in [4.78, 5) is 23.2. The van der Waals surface area contributed by atoms with Crippen molar-refractivity contribution in [2.24, 2.45) is 5.73 Å². The van der Waals surface area contributed by atoms with E-state index in [1.165, 1.54) is 6.07 Å². The highest BCUT2D eigenvalue weighted by Gasteiger charge is 2.37. The SMILES string of the molecule is NC(=O)c1cccc(-c2ccc(CNc3ncc(C(F)(F)F)c(OC4COC4)n3)cc2)n1. The second-order valence-corrected chi connectivity index (χ2v) is 7.01. The lowest BCUT2D eigenvalue weighted by Gasteiger charge is -2.27. The lowest BCUT2D eigenvalue weighted by atomic mass is 10.1. The van der Waals surface area contributed by atoms with Gasteiger partial charge in [0.2, 0.25) is 11.8 Å². The molecule has 0 aliphatic carbocycles. The first kappa shape index (κ1) is 21.5. The lowest BCUT2D eigenvalue weighted by Crippen LogP contribution is -2.39. The van der Waals surface area contributed by atoms with Crippen LogP contribution in [0.1, 0.15) is 21.6 Å². The number of ether oxygens (including phenoxy) is 2. The molecule has 3 heterocycles. The highest BCUT2D eigenvalue weighted by atomic mass is 19.4. The first-order chi connectivity index (χ1) is 15.3. The summed E-state index contributed by atoms with van der Waals surface area (Å²) in [6.07, 6.45) is -4.40. The number of nitrogens with two attached hydrogens (primary N) is 1. The molecule has 1 aromatic carbocycles. The van der Waals surface area contributed by atoms with Crippen molar-refractivity contribution in [3.05, 3.63) is 65.5 Å². The Bertz CT molecular complexity index is 1120. The molecule has 1 aliphatic rings. The number of anilines is 1. The molecule has 0 atom stereocenters. The second-order valence-electron chi connectivity index (χ2n) is 7.01. The molecule has 4 rings (SSSR count). The molecule has 11 heteroatoms. The molecule has 1 saturated heterocycles. The number of halogens is 3. The van der Waals surface area contributed by atoms with E-state index in [1.807, 2.05) is 24.3 Å². The lowest BCUT2D eigenvalue weighted by molar-refractivity contribution is -0.142. The van der Waals surface area contributed by atoms with Crippen LogP contribution in [0, 0.1) is 0 Å². The van der Waals surface area contributed by atoms with E-state index in [4.69, 9.17) is 15.2 Å². The predicted octanol–water partition coefficient (Wildman–Crippen LogP) is 3.05. The zero-order valence-electron chi connectivity index (χ0n) is 16.6. The zero-order valence-corrected chi connectivity index (χ0v) is 16.6. The van der Waals surface area contributed by atoms with E-state index in [0.717, 1.165) is 11.1 Å². The second kappa shape index (κ2) is 8.79. The molecule has 1 amide bonds. The average Bonchev–Trinajstić information content (AvgIpc) is 2.74. The van der Waals surface area contributed by atoms with Gasteiger partial charge in [-0.15, -0.1) is 0 Å². The van der Waals surface area contributed by atoms with E-state index in [2.05, 4.69) is 20.3 Å². The molecule has 0 spiro atoms. The van der Waals surface area contributed by atoms with Crippen LogP contribution in [-0.4, -0.2) is 40.2 Å². The Balaban J connectivity index is 1.45. The molecule has 2 aromatic heterocycles. The predicted molar refractivity (Wildman–Crippen MR) is 108 cm³/mol. The minimum absolute atomic E-state index is 0.00754. The third-order valence-electron chi connectivity index (χ3n) is 4.65. The van der Waals surface area contributed by atoms with Gasteiger partial charge in [0.25, 0.3) is 5.91 Å². The van der Waals surface area contributed by atoms with Crippen molar-refractivity contribution in [1.29, 1.82) is 0 Å². The van der Waals surface area contributed by atoms with Gasteiger partial charge in [0.15, 0.2) is 0 Å². The number of carbonyl (C=O) groups excluding carboxylic acids is 1. The smallest absolute Gasteiger partial charge is 0.423 e. The Labute approximate surface area is 180 Å². The fourth-order valence-electron chi connectivity index (χ4n) is 2.88. The van der Waals surface area contributed by atoms with Crippen molar-refractivity contribution >= 4 is 11.9 Å². The molecule has 8 nitrogen and oxygen atoms in total. The van der Waals surface area contributed by atoms with Gasteiger partial charge in [0.05, 0.1) is 18.9 Å². The summed E-state index contributed by atoms with van der Waals surface area (Å²) in [6.45, 7) is 0.702. The number of pyridine rings is 1. The van der Waals surface area contributed by atoms with Crippen LogP contribution in [0.5, 0.6) is 5.88 Å². The van der Waals surface area contributed by atoms with Crippen LogP contribution in [0.3, 0.4) is 0 Å². The number of aromatic nitrogens is 3. The Kier molecular flexibility index (Phi) is 5.91. The molecule has 0 saturated carbocycles. The number of rotatable bonds is 7. The van der Waals surface area contributed by atoms with Crippen molar-refractivity contribution in [2.75, 3.05) is 18.5 Å². The minimum atomic E-state index is -4.63. The van der Waals surface area contributed by atoms with E-state index in [-0.39, 0.29) is 31.4 Å². The summed E-state index contributed by atoms with van der Waals surface area (Å²) in [7, 11) is 0. The molecular weight excluding hydrogens is 427 g/mol. The normalized spacial score (nSPS) is 14.0.